The van der Waals surface area contributed by atoms with Crippen LogP contribution in [-0.4, -0.2) is 72.5 Å². The van der Waals surface area contributed by atoms with Crippen molar-refractivity contribution in [3.05, 3.63) is 82.6 Å². The van der Waals surface area contributed by atoms with Crippen LogP contribution < -0.4 is 26.5 Å². The number of allylic oxidation sites excluding steroid dienone is 2. The van der Waals surface area contributed by atoms with E-state index in [-0.39, 0.29) is 81.0 Å². The molecule has 0 spiro atoms. The van der Waals surface area contributed by atoms with Crippen molar-refractivity contribution >= 4 is 79.4 Å². The quantitative estimate of drug-likeness (QED) is 0.0280. The molecule has 7 rings (SSSR count). The second kappa shape index (κ2) is 22.6. The lowest BCUT2D eigenvalue weighted by atomic mass is 9.80. The number of carbonyl (C=O) groups is 5. The van der Waals surface area contributed by atoms with Crippen LogP contribution in [0.15, 0.2) is 71.4 Å². The summed E-state index contributed by atoms with van der Waals surface area (Å²) in [7, 11) is 0. The molecule has 2 heterocycles. The van der Waals surface area contributed by atoms with Crippen LogP contribution in [0.5, 0.6) is 0 Å². The lowest BCUT2D eigenvalue weighted by molar-refractivity contribution is -0.151. The minimum Gasteiger partial charge on any atom is -0.506 e. The van der Waals surface area contributed by atoms with Crippen molar-refractivity contribution in [2.45, 2.75) is 142 Å². The van der Waals surface area contributed by atoms with Crippen molar-refractivity contribution < 1.29 is 48.0 Å². The number of Topliss-reactive ketones (excluding diaryl/α,β-unsaturated/α-hetero) is 1. The summed E-state index contributed by atoms with van der Waals surface area (Å²) >= 11 is 0. The molecule has 3 aliphatic rings. The molecule has 0 fully saturated rings. The van der Waals surface area contributed by atoms with E-state index in [1.54, 1.807) is 12.1 Å². The highest BCUT2D eigenvalue weighted by Crippen LogP contribution is 2.47. The standard InChI is InChI=1S/C54H66N4O10/c1-5-9-13-23-41(59)65-31-53(32-66-42(60)24-14-10-6-2)55-39-21-17-19-35-27-29-37(49(57-53)45(35)39)47-51(63)48(52(47)64)38-30-28-36-20-18-22-40-46(36)50(38)58-54(56-40,33-67-43(61)25-15-11-7-3)34-68-44(62)26-16-12-8-4/h17-22,27-30,55-57,63H,5-16,23-26,31-34H2,1-4H3/b48-38-. The van der Waals surface area contributed by atoms with E-state index in [4.69, 9.17) is 23.9 Å². The highest BCUT2D eigenvalue weighted by molar-refractivity contribution is 6.52. The molecular formula is C54H66N4O10. The fourth-order valence-electron chi connectivity index (χ4n) is 9.06. The molecule has 1 aliphatic carbocycles. The Morgan fingerprint density at radius 2 is 1.01 bits per heavy atom. The highest BCUT2D eigenvalue weighted by Gasteiger charge is 2.43. The van der Waals surface area contributed by atoms with Crippen LogP contribution in [0.2, 0.25) is 0 Å². The summed E-state index contributed by atoms with van der Waals surface area (Å²) in [4.78, 5) is 72.1. The third kappa shape index (κ3) is 11.1. The van der Waals surface area contributed by atoms with E-state index in [9.17, 15) is 29.1 Å². The topological polar surface area (TPSA) is 191 Å². The minimum atomic E-state index is -1.45. The maximum absolute atomic E-state index is 14.8. The van der Waals surface area contributed by atoms with Gasteiger partial charge >= 0.3 is 23.9 Å². The van der Waals surface area contributed by atoms with Crippen molar-refractivity contribution in [2.75, 3.05) is 42.4 Å². The number of hydrogen-bond acceptors (Lipinski definition) is 14. The van der Waals surface area contributed by atoms with Gasteiger partial charge in [-0.25, -0.2) is 4.99 Å². The third-order valence-corrected chi connectivity index (χ3v) is 12.8. The lowest BCUT2D eigenvalue weighted by Gasteiger charge is -2.41. The largest absolute Gasteiger partial charge is 0.506 e. The fraction of sp³-hybridized carbons (Fsp3) is 0.481. The first-order valence-electron chi connectivity index (χ1n) is 24.6. The summed E-state index contributed by atoms with van der Waals surface area (Å²) in [5.74, 6) is -2.27. The van der Waals surface area contributed by atoms with E-state index in [1.807, 2.05) is 48.5 Å². The number of carbonyl (C=O) groups excluding carboxylic acids is 5. The molecule has 0 bridgehead atoms. The number of anilines is 3. The Hall–Kier alpha value is -6.44. The first kappa shape index (κ1) is 49.5. The first-order chi connectivity index (χ1) is 33.0. The average molecular weight is 931 g/mol. The summed E-state index contributed by atoms with van der Waals surface area (Å²) in [6.07, 6.45) is 10.9. The molecule has 0 unspecified atom stereocenters. The molecule has 4 N–H and O–H groups in total. The van der Waals surface area contributed by atoms with Gasteiger partial charge in [0.15, 0.2) is 11.3 Å². The smallest absolute Gasteiger partial charge is 0.305 e. The summed E-state index contributed by atoms with van der Waals surface area (Å²) in [5, 5.41) is 26.4. The monoisotopic (exact) mass is 930 g/mol. The number of unbranched alkanes of at least 4 members (excludes halogenated alkanes) is 8. The van der Waals surface area contributed by atoms with E-state index in [1.165, 1.54) is 0 Å². The predicted octanol–water partition coefficient (Wildman–Crippen LogP) is 9.46. The predicted molar refractivity (Wildman–Crippen MR) is 263 cm³/mol. The van der Waals surface area contributed by atoms with Crippen molar-refractivity contribution in [1.82, 2.24) is 0 Å². The van der Waals surface area contributed by atoms with E-state index in [2.05, 4.69) is 43.6 Å². The Kier molecular flexibility index (Phi) is 16.4. The van der Waals surface area contributed by atoms with Gasteiger partial charge in [-0.05, 0) is 48.6 Å². The summed E-state index contributed by atoms with van der Waals surface area (Å²) in [5.41, 5.74) is -0.499. The number of rotatable bonds is 25. The number of aliphatic hydroxyl groups is 1. The van der Waals surface area contributed by atoms with Crippen LogP contribution >= 0.6 is 0 Å². The average Bonchev–Trinajstić information content (AvgIpc) is 3.33. The number of benzene rings is 4. The molecule has 2 aliphatic heterocycles. The molecule has 0 radical (unpaired) electrons. The second-order valence-electron chi connectivity index (χ2n) is 18.3. The Labute approximate surface area is 397 Å². The number of nitrogens with one attached hydrogen (secondary N) is 3. The zero-order valence-corrected chi connectivity index (χ0v) is 40.0. The molecule has 14 nitrogen and oxygen atoms in total. The maximum atomic E-state index is 14.8. The Bertz CT molecular complexity index is 2660. The van der Waals surface area contributed by atoms with Gasteiger partial charge in [-0.15, -0.1) is 0 Å². The summed E-state index contributed by atoms with van der Waals surface area (Å²) < 4.78 is 23.4. The van der Waals surface area contributed by atoms with Gasteiger partial charge in [0, 0.05) is 58.6 Å². The number of hydrogen-bond donors (Lipinski definition) is 4. The van der Waals surface area contributed by atoms with Gasteiger partial charge in [-0.2, -0.15) is 0 Å². The maximum Gasteiger partial charge on any atom is 0.305 e. The van der Waals surface area contributed by atoms with Crippen molar-refractivity contribution in [3.63, 3.8) is 0 Å². The van der Waals surface area contributed by atoms with Gasteiger partial charge in [0.2, 0.25) is 5.78 Å². The Morgan fingerprint density at radius 3 is 1.51 bits per heavy atom. The number of aliphatic hydroxyl groups excluding tert-OH is 1. The minimum absolute atomic E-state index is 0.0437. The van der Waals surface area contributed by atoms with Crippen molar-refractivity contribution in [3.8, 4) is 0 Å². The van der Waals surface area contributed by atoms with Gasteiger partial charge in [-0.3, -0.25) is 24.0 Å². The molecule has 0 atom stereocenters. The number of nitrogens with zero attached hydrogens (tertiary/aromatic N) is 1. The van der Waals surface area contributed by atoms with Crippen LogP contribution in [-0.2, 0) is 42.9 Å². The zero-order valence-electron chi connectivity index (χ0n) is 40.0. The van der Waals surface area contributed by atoms with Crippen LogP contribution in [0.1, 0.15) is 136 Å². The second-order valence-corrected chi connectivity index (χ2v) is 18.3. The fourth-order valence-corrected chi connectivity index (χ4v) is 9.06. The van der Waals surface area contributed by atoms with Gasteiger partial charge in [0.1, 0.15) is 32.2 Å². The van der Waals surface area contributed by atoms with E-state index in [0.29, 0.717) is 64.3 Å². The van der Waals surface area contributed by atoms with Crippen LogP contribution in [0.4, 0.5) is 17.1 Å². The van der Waals surface area contributed by atoms with Gasteiger partial charge in [0.25, 0.3) is 0 Å². The lowest BCUT2D eigenvalue weighted by Crippen LogP contribution is -2.56. The van der Waals surface area contributed by atoms with Crippen molar-refractivity contribution in [1.29, 1.82) is 0 Å². The Morgan fingerprint density at radius 1 is 0.544 bits per heavy atom. The molecule has 0 aromatic heterocycles. The molecule has 0 saturated carbocycles. The number of ether oxygens (including phenoxy) is 4. The van der Waals surface area contributed by atoms with Gasteiger partial charge in [-0.1, -0.05) is 128 Å². The summed E-state index contributed by atoms with van der Waals surface area (Å²) in [6, 6.07) is 18.6. The molecule has 14 heteroatoms. The van der Waals surface area contributed by atoms with Gasteiger partial charge in [0.05, 0.1) is 22.2 Å². The van der Waals surface area contributed by atoms with Gasteiger partial charge < -0.3 is 40.0 Å². The molecule has 0 saturated heterocycles. The molecule has 68 heavy (non-hydrogen) atoms. The molecule has 4 aromatic rings. The zero-order chi connectivity index (χ0) is 48.3. The Balaban J connectivity index is 1.31. The summed E-state index contributed by atoms with van der Waals surface area (Å²) in [6.45, 7) is 7.30. The molecular weight excluding hydrogens is 865 g/mol. The number of esters is 4. The third-order valence-electron chi connectivity index (χ3n) is 12.8. The van der Waals surface area contributed by atoms with Crippen LogP contribution in [0.3, 0.4) is 0 Å². The normalized spacial score (nSPS) is 15.9. The van der Waals surface area contributed by atoms with Crippen molar-refractivity contribution in [2.24, 2.45) is 4.99 Å². The van der Waals surface area contributed by atoms with E-state index < -0.39 is 29.0 Å². The first-order valence-corrected chi connectivity index (χ1v) is 24.6. The van der Waals surface area contributed by atoms with E-state index >= 15 is 0 Å². The van der Waals surface area contributed by atoms with Crippen LogP contribution in [0.25, 0.3) is 32.7 Å². The highest BCUT2D eigenvalue weighted by atomic mass is 16.6. The molecule has 4 aromatic carbocycles. The number of ketones is 1. The van der Waals surface area contributed by atoms with Crippen LogP contribution in [0, 0.1) is 0 Å². The SMILES string of the molecule is CCCCCC(=O)OCC1(COC(=O)CCCCC)N=c2/c(=C3\C(=O)C(c4ccc5cccc6c5c4NC(COC(=O)CCCCC)(COC(=O)CCCCC)N6)=C3O)ccc3cccc(c23)N1. The molecule has 362 valence electrons. The molecule has 0 amide bonds. The van der Waals surface area contributed by atoms with E-state index in [0.717, 1.165) is 67.5 Å².